The molecule has 0 spiro atoms. The molecule has 0 fully saturated rings. The third kappa shape index (κ3) is 3.86. The van der Waals surface area contributed by atoms with E-state index in [0.29, 0.717) is 10.6 Å². The molecule has 0 aliphatic rings. The van der Waals surface area contributed by atoms with Gasteiger partial charge in [0.2, 0.25) is 4.96 Å². The number of carbonyl (C=O) groups excluding carboxylic acids is 1. The number of hydrogen-bond acceptors (Lipinski definition) is 6. The quantitative estimate of drug-likeness (QED) is 0.481. The zero-order valence-corrected chi connectivity index (χ0v) is 16.9. The van der Waals surface area contributed by atoms with Crippen LogP contribution >= 0.6 is 35.2 Å². The van der Waals surface area contributed by atoms with E-state index in [0.717, 1.165) is 27.0 Å². The lowest BCUT2D eigenvalue weighted by molar-refractivity contribution is 0.0978. The van der Waals surface area contributed by atoms with Gasteiger partial charge in [-0.25, -0.2) is 0 Å². The number of benzene rings is 2. The second kappa shape index (κ2) is 7.63. The molecule has 0 aliphatic carbocycles. The van der Waals surface area contributed by atoms with Crippen LogP contribution in [0, 0.1) is 6.92 Å². The molecule has 10 heteroatoms. The maximum atomic E-state index is 12.2. The van der Waals surface area contributed by atoms with E-state index in [1.807, 2.05) is 31.2 Å². The molecule has 2 aromatic carbocycles. The van der Waals surface area contributed by atoms with Crippen molar-refractivity contribution in [3.8, 4) is 10.6 Å². The van der Waals surface area contributed by atoms with E-state index in [2.05, 4.69) is 25.9 Å². The van der Waals surface area contributed by atoms with Gasteiger partial charge in [-0.3, -0.25) is 10.1 Å². The normalized spacial score (nSPS) is 10.8. The second-order valence-corrected chi connectivity index (χ2v) is 7.65. The molecule has 0 bridgehead atoms. The van der Waals surface area contributed by atoms with Crippen molar-refractivity contribution in [2.45, 2.75) is 6.92 Å². The molecule has 2 N–H and O–H groups in total. The molecule has 7 nitrogen and oxygen atoms in total. The van der Waals surface area contributed by atoms with Crippen molar-refractivity contribution in [2.75, 3.05) is 5.32 Å². The maximum absolute atomic E-state index is 12.2. The molecular formula is C18H13ClN6OS2. The predicted molar refractivity (Wildman–Crippen MR) is 114 cm³/mol. The van der Waals surface area contributed by atoms with Gasteiger partial charge >= 0.3 is 0 Å². The minimum Gasteiger partial charge on any atom is -0.332 e. The third-order valence-electron chi connectivity index (χ3n) is 3.85. The zero-order chi connectivity index (χ0) is 19.7. The molecule has 140 valence electrons. The van der Waals surface area contributed by atoms with Crippen molar-refractivity contribution in [3.63, 3.8) is 0 Å². The Labute approximate surface area is 174 Å². The van der Waals surface area contributed by atoms with E-state index in [1.54, 1.807) is 28.8 Å². The first-order valence-corrected chi connectivity index (χ1v) is 9.77. The van der Waals surface area contributed by atoms with Gasteiger partial charge in [-0.15, -0.1) is 10.2 Å². The highest BCUT2D eigenvalue weighted by atomic mass is 35.5. The number of carbonyl (C=O) groups is 1. The average molecular weight is 429 g/mol. The lowest BCUT2D eigenvalue weighted by atomic mass is 10.2. The lowest BCUT2D eigenvalue weighted by Crippen LogP contribution is -2.34. The molecule has 28 heavy (non-hydrogen) atoms. The summed E-state index contributed by atoms with van der Waals surface area (Å²) in [6, 6.07) is 14.2. The summed E-state index contributed by atoms with van der Waals surface area (Å²) >= 11 is 12.5. The fourth-order valence-electron chi connectivity index (χ4n) is 2.50. The highest BCUT2D eigenvalue weighted by Crippen LogP contribution is 2.27. The number of thiocarbonyl (C=S) groups is 1. The molecule has 0 radical (unpaired) electrons. The van der Waals surface area contributed by atoms with Gasteiger partial charge in [0.15, 0.2) is 10.9 Å². The van der Waals surface area contributed by atoms with Crippen molar-refractivity contribution >= 4 is 56.8 Å². The van der Waals surface area contributed by atoms with E-state index in [1.165, 1.54) is 11.3 Å². The largest absolute Gasteiger partial charge is 0.332 e. The first kappa shape index (κ1) is 18.5. The molecule has 0 saturated heterocycles. The summed E-state index contributed by atoms with van der Waals surface area (Å²) in [5.41, 5.74) is 2.12. The third-order valence-corrected chi connectivity index (χ3v) is 5.25. The molecule has 0 atom stereocenters. The summed E-state index contributed by atoms with van der Waals surface area (Å²) in [5.74, 6) is 0.423. The van der Waals surface area contributed by atoms with Crippen LogP contribution in [0.3, 0.4) is 0 Å². The summed E-state index contributed by atoms with van der Waals surface area (Å²) in [6.07, 6.45) is 0. The Hall–Kier alpha value is -2.88. The van der Waals surface area contributed by atoms with Gasteiger partial charge < -0.3 is 5.32 Å². The standard InChI is InChI=1S/C18H13ClN6OS2/c1-10-22-23-18-25(10)24-16(28-18)12-3-2-4-14(9-12)20-17(27)21-15(26)11-5-7-13(19)8-6-11/h2-9H,1H3,(H2,20,21,26,27). The number of halogens is 1. The van der Waals surface area contributed by atoms with E-state index in [9.17, 15) is 4.79 Å². The Bertz CT molecular complexity index is 1180. The van der Waals surface area contributed by atoms with Crippen LogP contribution < -0.4 is 10.6 Å². The Kier molecular flexibility index (Phi) is 5.03. The van der Waals surface area contributed by atoms with Crippen molar-refractivity contribution < 1.29 is 4.79 Å². The van der Waals surface area contributed by atoms with Crippen molar-refractivity contribution in [1.82, 2.24) is 25.1 Å². The first-order chi connectivity index (χ1) is 13.5. The lowest BCUT2D eigenvalue weighted by Gasteiger charge is -2.10. The van der Waals surface area contributed by atoms with Crippen LogP contribution in [0.5, 0.6) is 0 Å². The molecule has 2 aromatic heterocycles. The number of rotatable bonds is 3. The van der Waals surface area contributed by atoms with E-state index < -0.39 is 0 Å². The van der Waals surface area contributed by atoms with E-state index in [4.69, 9.17) is 23.8 Å². The fraction of sp³-hybridized carbons (Fsp3) is 0.0556. The monoisotopic (exact) mass is 428 g/mol. The van der Waals surface area contributed by atoms with Crippen LogP contribution in [-0.2, 0) is 0 Å². The van der Waals surface area contributed by atoms with Gasteiger partial charge in [-0.1, -0.05) is 35.1 Å². The Balaban J connectivity index is 1.47. The van der Waals surface area contributed by atoms with Gasteiger partial charge in [0, 0.05) is 21.8 Å². The summed E-state index contributed by atoms with van der Waals surface area (Å²) in [6.45, 7) is 1.85. The minimum atomic E-state index is -0.311. The van der Waals surface area contributed by atoms with Crippen molar-refractivity contribution in [2.24, 2.45) is 0 Å². The van der Waals surface area contributed by atoms with Crippen LogP contribution in [0.2, 0.25) is 5.02 Å². The number of fused-ring (bicyclic) bond motifs is 1. The molecule has 0 saturated carbocycles. The second-order valence-electron chi connectivity index (χ2n) is 5.84. The van der Waals surface area contributed by atoms with E-state index >= 15 is 0 Å². The van der Waals surface area contributed by atoms with Gasteiger partial charge in [0.05, 0.1) is 0 Å². The van der Waals surface area contributed by atoms with Crippen LogP contribution in [0.25, 0.3) is 15.5 Å². The number of anilines is 1. The highest BCUT2D eigenvalue weighted by Gasteiger charge is 2.12. The number of amides is 1. The SMILES string of the molecule is Cc1nnc2sc(-c3cccc(NC(=S)NC(=O)c4ccc(Cl)cc4)c3)nn12. The molecule has 0 unspecified atom stereocenters. The van der Waals surface area contributed by atoms with Crippen LogP contribution in [0.1, 0.15) is 16.2 Å². The number of nitrogens with zero attached hydrogens (tertiary/aromatic N) is 4. The molecule has 4 rings (SSSR count). The maximum Gasteiger partial charge on any atom is 0.257 e. The van der Waals surface area contributed by atoms with E-state index in [-0.39, 0.29) is 11.0 Å². The van der Waals surface area contributed by atoms with Crippen LogP contribution in [-0.4, -0.2) is 30.8 Å². The first-order valence-electron chi connectivity index (χ1n) is 8.17. The number of aromatic nitrogens is 4. The van der Waals surface area contributed by atoms with Crippen LogP contribution in [0.15, 0.2) is 48.5 Å². The van der Waals surface area contributed by atoms with Crippen LogP contribution in [0.4, 0.5) is 5.69 Å². The topological polar surface area (TPSA) is 84.2 Å². The number of nitrogens with one attached hydrogen (secondary N) is 2. The Morgan fingerprint density at radius 2 is 1.96 bits per heavy atom. The molecule has 2 heterocycles. The summed E-state index contributed by atoms with van der Waals surface area (Å²) in [4.78, 5) is 13.0. The van der Waals surface area contributed by atoms with Crippen molar-refractivity contribution in [1.29, 1.82) is 0 Å². The highest BCUT2D eigenvalue weighted by molar-refractivity contribution is 7.80. The number of aryl methyl sites for hydroxylation is 1. The zero-order valence-electron chi connectivity index (χ0n) is 14.5. The summed E-state index contributed by atoms with van der Waals surface area (Å²) in [5, 5.41) is 19.8. The van der Waals surface area contributed by atoms with Gasteiger partial charge in [-0.2, -0.15) is 9.61 Å². The average Bonchev–Trinajstić information content (AvgIpc) is 3.24. The fourth-order valence-corrected chi connectivity index (χ4v) is 3.72. The van der Waals surface area contributed by atoms with Gasteiger partial charge in [0.1, 0.15) is 5.01 Å². The van der Waals surface area contributed by atoms with Gasteiger partial charge in [0.25, 0.3) is 5.91 Å². The number of hydrogen-bond donors (Lipinski definition) is 2. The van der Waals surface area contributed by atoms with Gasteiger partial charge in [-0.05, 0) is 55.5 Å². The molecule has 0 aliphatic heterocycles. The smallest absolute Gasteiger partial charge is 0.257 e. The Morgan fingerprint density at radius 1 is 1.18 bits per heavy atom. The summed E-state index contributed by atoms with van der Waals surface area (Å²) in [7, 11) is 0. The predicted octanol–water partition coefficient (Wildman–Crippen LogP) is 3.94. The minimum absolute atomic E-state index is 0.200. The molecule has 4 aromatic rings. The van der Waals surface area contributed by atoms with Crippen molar-refractivity contribution in [3.05, 3.63) is 64.9 Å². The Morgan fingerprint density at radius 3 is 2.71 bits per heavy atom. The molecule has 1 amide bonds. The summed E-state index contributed by atoms with van der Waals surface area (Å²) < 4.78 is 1.71. The molecular weight excluding hydrogens is 416 g/mol.